The summed E-state index contributed by atoms with van der Waals surface area (Å²) in [5, 5.41) is 12.5. The van der Waals surface area contributed by atoms with Gasteiger partial charge in [-0.15, -0.1) is 0 Å². The van der Waals surface area contributed by atoms with Crippen LogP contribution in [0.15, 0.2) is 0 Å². The molecule has 0 saturated heterocycles. The molecule has 4 N–H and O–H groups in total. The largest absolute Gasteiger partial charge is 0.393 e. The summed E-state index contributed by atoms with van der Waals surface area (Å²) in [5.74, 6) is 0.312. The first-order chi connectivity index (χ1) is 7.80. The third-order valence-corrected chi connectivity index (χ3v) is 3.54. The Morgan fingerprint density at radius 2 is 2.12 bits per heavy atom. The zero-order valence-electron chi connectivity index (χ0n) is 11.2. The van der Waals surface area contributed by atoms with Crippen molar-refractivity contribution in [3.63, 3.8) is 0 Å². The van der Waals surface area contributed by atoms with Crippen LogP contribution in [0.4, 0.5) is 0 Å². The molecule has 100 valence electrons. The van der Waals surface area contributed by atoms with E-state index in [1.54, 1.807) is 0 Å². The number of carbonyl (C=O) groups is 1. The van der Waals surface area contributed by atoms with Gasteiger partial charge in [-0.3, -0.25) is 4.79 Å². The Morgan fingerprint density at radius 3 is 2.65 bits per heavy atom. The van der Waals surface area contributed by atoms with Crippen molar-refractivity contribution in [2.75, 3.05) is 6.54 Å². The lowest BCUT2D eigenvalue weighted by molar-refractivity contribution is -0.124. The van der Waals surface area contributed by atoms with E-state index in [0.717, 1.165) is 25.7 Å². The Labute approximate surface area is 104 Å². The van der Waals surface area contributed by atoms with Crippen molar-refractivity contribution < 1.29 is 9.90 Å². The summed E-state index contributed by atoms with van der Waals surface area (Å²) >= 11 is 0. The van der Waals surface area contributed by atoms with Gasteiger partial charge >= 0.3 is 0 Å². The molecule has 0 aromatic rings. The third-order valence-electron chi connectivity index (χ3n) is 3.54. The highest BCUT2D eigenvalue weighted by molar-refractivity contribution is 5.82. The van der Waals surface area contributed by atoms with Gasteiger partial charge < -0.3 is 16.2 Å². The Morgan fingerprint density at radius 1 is 1.47 bits per heavy atom. The minimum Gasteiger partial charge on any atom is -0.393 e. The first-order valence-electron chi connectivity index (χ1n) is 6.52. The van der Waals surface area contributed by atoms with Crippen molar-refractivity contribution in [3.8, 4) is 0 Å². The van der Waals surface area contributed by atoms with Crippen molar-refractivity contribution in [3.05, 3.63) is 0 Å². The van der Waals surface area contributed by atoms with Crippen LogP contribution in [-0.4, -0.2) is 29.7 Å². The molecule has 0 aromatic carbocycles. The first kappa shape index (κ1) is 14.5. The molecule has 0 spiro atoms. The molecule has 1 fully saturated rings. The molecule has 2 unspecified atom stereocenters. The van der Waals surface area contributed by atoms with Crippen LogP contribution < -0.4 is 11.1 Å². The number of rotatable bonds is 3. The number of hydrogen-bond donors (Lipinski definition) is 3. The molecular weight excluding hydrogens is 216 g/mol. The van der Waals surface area contributed by atoms with Crippen molar-refractivity contribution in [2.45, 2.75) is 58.6 Å². The molecule has 3 atom stereocenters. The van der Waals surface area contributed by atoms with Gasteiger partial charge in [0.15, 0.2) is 0 Å². The SMILES string of the molecule is CC(C)(C)[C@@H](N)C(=O)NCC1CCCC(O)C1. The fraction of sp³-hybridized carbons (Fsp3) is 0.923. The lowest BCUT2D eigenvalue weighted by atomic mass is 9.85. The molecule has 0 aromatic heterocycles. The average molecular weight is 242 g/mol. The number of amides is 1. The van der Waals surface area contributed by atoms with E-state index in [0.29, 0.717) is 12.5 Å². The van der Waals surface area contributed by atoms with Gasteiger partial charge in [0.05, 0.1) is 12.1 Å². The number of aliphatic hydroxyl groups excluding tert-OH is 1. The normalized spacial score (nSPS) is 27.6. The monoisotopic (exact) mass is 242 g/mol. The van der Waals surface area contributed by atoms with Crippen LogP contribution >= 0.6 is 0 Å². The van der Waals surface area contributed by atoms with Crippen LogP contribution in [0.25, 0.3) is 0 Å². The van der Waals surface area contributed by atoms with Gasteiger partial charge in [0, 0.05) is 6.54 Å². The quantitative estimate of drug-likeness (QED) is 0.692. The summed E-state index contributed by atoms with van der Waals surface area (Å²) in [5.41, 5.74) is 5.66. The van der Waals surface area contributed by atoms with Crippen LogP contribution in [0.5, 0.6) is 0 Å². The van der Waals surface area contributed by atoms with E-state index >= 15 is 0 Å². The predicted octanol–water partition coefficient (Wildman–Crippen LogP) is 1.03. The van der Waals surface area contributed by atoms with Gasteiger partial charge in [0.2, 0.25) is 5.91 Å². The summed E-state index contributed by atoms with van der Waals surface area (Å²) in [4.78, 5) is 11.8. The number of carbonyl (C=O) groups excluding carboxylic acids is 1. The Hall–Kier alpha value is -0.610. The summed E-state index contributed by atoms with van der Waals surface area (Å²) < 4.78 is 0. The molecule has 0 aliphatic heterocycles. The molecule has 1 rings (SSSR count). The highest BCUT2D eigenvalue weighted by Crippen LogP contribution is 2.23. The number of nitrogens with two attached hydrogens (primary N) is 1. The van der Waals surface area contributed by atoms with Crippen molar-refractivity contribution in [1.29, 1.82) is 0 Å². The second-order valence-electron chi connectivity index (χ2n) is 6.28. The fourth-order valence-corrected chi connectivity index (χ4v) is 2.20. The third kappa shape index (κ3) is 4.64. The van der Waals surface area contributed by atoms with Crippen LogP contribution in [-0.2, 0) is 4.79 Å². The van der Waals surface area contributed by atoms with Gasteiger partial charge in [-0.1, -0.05) is 27.2 Å². The highest BCUT2D eigenvalue weighted by atomic mass is 16.3. The highest BCUT2D eigenvalue weighted by Gasteiger charge is 2.28. The lowest BCUT2D eigenvalue weighted by Gasteiger charge is -2.29. The van der Waals surface area contributed by atoms with E-state index in [2.05, 4.69) is 5.32 Å². The molecule has 1 saturated carbocycles. The Bertz CT molecular complexity index is 261. The standard InChI is InChI=1S/C13H26N2O2/c1-13(2,3)11(14)12(17)15-8-9-5-4-6-10(16)7-9/h9-11,16H,4-8,14H2,1-3H3,(H,15,17)/t9?,10?,11-/m0/s1. The maximum atomic E-state index is 11.8. The minimum absolute atomic E-state index is 0.0856. The summed E-state index contributed by atoms with van der Waals surface area (Å²) in [6.07, 6.45) is 3.63. The van der Waals surface area contributed by atoms with Crippen molar-refractivity contribution in [1.82, 2.24) is 5.32 Å². The van der Waals surface area contributed by atoms with Crippen LogP contribution in [0.1, 0.15) is 46.5 Å². The van der Waals surface area contributed by atoms with E-state index in [-0.39, 0.29) is 17.4 Å². The fourth-order valence-electron chi connectivity index (χ4n) is 2.20. The average Bonchev–Trinajstić information content (AvgIpc) is 2.23. The smallest absolute Gasteiger partial charge is 0.237 e. The van der Waals surface area contributed by atoms with Gasteiger partial charge in [-0.2, -0.15) is 0 Å². The molecule has 4 heteroatoms. The molecule has 17 heavy (non-hydrogen) atoms. The van der Waals surface area contributed by atoms with E-state index in [9.17, 15) is 9.90 Å². The summed E-state index contributed by atoms with van der Waals surface area (Å²) in [6, 6.07) is -0.476. The van der Waals surface area contributed by atoms with E-state index in [4.69, 9.17) is 5.73 Å². The summed E-state index contributed by atoms with van der Waals surface area (Å²) in [6.45, 7) is 6.52. The predicted molar refractivity (Wildman–Crippen MR) is 68.4 cm³/mol. The Balaban J connectivity index is 2.33. The second kappa shape index (κ2) is 5.83. The van der Waals surface area contributed by atoms with Gasteiger partial charge in [-0.25, -0.2) is 0 Å². The van der Waals surface area contributed by atoms with E-state index in [1.165, 1.54) is 0 Å². The molecule has 0 heterocycles. The molecule has 1 aliphatic rings. The lowest BCUT2D eigenvalue weighted by Crippen LogP contribution is -2.49. The number of aliphatic hydroxyl groups is 1. The maximum absolute atomic E-state index is 11.8. The molecule has 0 radical (unpaired) electrons. The molecule has 1 aliphatic carbocycles. The van der Waals surface area contributed by atoms with E-state index < -0.39 is 6.04 Å². The topological polar surface area (TPSA) is 75.4 Å². The maximum Gasteiger partial charge on any atom is 0.237 e. The van der Waals surface area contributed by atoms with Gasteiger partial charge in [0.25, 0.3) is 0 Å². The number of nitrogens with one attached hydrogen (secondary N) is 1. The zero-order chi connectivity index (χ0) is 13.1. The molecule has 1 amide bonds. The van der Waals surface area contributed by atoms with Crippen molar-refractivity contribution >= 4 is 5.91 Å². The zero-order valence-corrected chi connectivity index (χ0v) is 11.2. The molecular formula is C13H26N2O2. The summed E-state index contributed by atoms with van der Waals surface area (Å²) in [7, 11) is 0. The van der Waals surface area contributed by atoms with Crippen LogP contribution in [0.3, 0.4) is 0 Å². The van der Waals surface area contributed by atoms with Crippen molar-refractivity contribution in [2.24, 2.45) is 17.1 Å². The second-order valence-corrected chi connectivity index (χ2v) is 6.28. The van der Waals surface area contributed by atoms with E-state index in [1.807, 2.05) is 20.8 Å². The number of hydrogen-bond acceptors (Lipinski definition) is 3. The Kier molecular flexibility index (Phi) is 4.95. The van der Waals surface area contributed by atoms with Gasteiger partial charge in [0.1, 0.15) is 0 Å². The minimum atomic E-state index is -0.476. The van der Waals surface area contributed by atoms with Crippen LogP contribution in [0, 0.1) is 11.3 Å². The van der Waals surface area contributed by atoms with Gasteiger partial charge in [-0.05, 0) is 30.6 Å². The molecule has 0 bridgehead atoms. The molecule has 4 nitrogen and oxygen atoms in total. The first-order valence-corrected chi connectivity index (χ1v) is 6.52. The van der Waals surface area contributed by atoms with Crippen LogP contribution in [0.2, 0.25) is 0 Å².